The van der Waals surface area contributed by atoms with E-state index in [0.717, 1.165) is 21.2 Å². The van der Waals surface area contributed by atoms with Crippen LogP contribution in [0.25, 0.3) is 5.76 Å². The largest absolute Gasteiger partial charge is 0.507 e. The Bertz CT molecular complexity index is 1280. The number of hydrogen-bond acceptors (Lipinski definition) is 5. The van der Waals surface area contributed by atoms with Crippen LogP contribution >= 0.6 is 15.9 Å². The Morgan fingerprint density at radius 2 is 1.60 bits per heavy atom. The first-order chi connectivity index (χ1) is 16.8. The first-order valence-corrected chi connectivity index (χ1v) is 11.9. The van der Waals surface area contributed by atoms with Crippen LogP contribution in [0.4, 0.5) is 0 Å². The molecule has 1 fully saturated rings. The second-order valence-electron chi connectivity index (χ2n) is 8.35. The predicted octanol–water partition coefficient (Wildman–Crippen LogP) is 5.44. The van der Waals surface area contributed by atoms with E-state index in [0.29, 0.717) is 23.5 Å². The first kappa shape index (κ1) is 24.5. The van der Waals surface area contributed by atoms with Crippen LogP contribution in [0, 0.1) is 6.92 Å². The van der Waals surface area contributed by atoms with Gasteiger partial charge in [0.15, 0.2) is 11.5 Å². The van der Waals surface area contributed by atoms with Crippen molar-refractivity contribution >= 4 is 33.4 Å². The molecule has 1 saturated heterocycles. The standard InChI is InChI=1S/C28H26BrNO5/c1-17-4-7-19(8-5-17)25-24(26(31)20-9-11-21(29)12-10-20)27(32)28(33)30(25)15-14-18-6-13-22(34-2)23(16-18)35-3/h4-13,16,25,31H,14-15H2,1-3H3/b26-24-. The third-order valence-corrected chi connectivity index (χ3v) is 6.67. The number of nitrogens with zero attached hydrogens (tertiary/aromatic N) is 1. The van der Waals surface area contributed by atoms with Crippen molar-refractivity contribution in [2.75, 3.05) is 20.8 Å². The number of aliphatic hydroxyl groups excluding tert-OH is 1. The molecular weight excluding hydrogens is 510 g/mol. The van der Waals surface area contributed by atoms with Gasteiger partial charge >= 0.3 is 0 Å². The zero-order valence-electron chi connectivity index (χ0n) is 19.7. The average Bonchev–Trinajstić information content (AvgIpc) is 3.12. The van der Waals surface area contributed by atoms with Gasteiger partial charge in [0.25, 0.3) is 11.7 Å². The van der Waals surface area contributed by atoms with E-state index in [2.05, 4.69) is 15.9 Å². The third kappa shape index (κ3) is 4.95. The molecule has 0 saturated carbocycles. The molecule has 1 heterocycles. The SMILES string of the molecule is COc1ccc(CCN2C(=O)C(=O)/C(=C(\O)c3ccc(Br)cc3)C2c2ccc(C)cc2)cc1OC. The number of rotatable bonds is 7. The summed E-state index contributed by atoms with van der Waals surface area (Å²) in [4.78, 5) is 27.9. The number of ketones is 1. The smallest absolute Gasteiger partial charge is 0.295 e. The number of carbonyl (C=O) groups excluding carboxylic acids is 2. The Morgan fingerprint density at radius 1 is 0.943 bits per heavy atom. The summed E-state index contributed by atoms with van der Waals surface area (Å²) in [7, 11) is 3.14. The van der Waals surface area contributed by atoms with Crippen LogP contribution < -0.4 is 9.47 Å². The van der Waals surface area contributed by atoms with Crippen LogP contribution in [0.3, 0.4) is 0 Å². The highest BCUT2D eigenvalue weighted by Gasteiger charge is 2.45. The number of ether oxygens (including phenoxy) is 2. The van der Waals surface area contributed by atoms with Crippen LogP contribution in [0.2, 0.25) is 0 Å². The van der Waals surface area contributed by atoms with Gasteiger partial charge in [-0.05, 0) is 48.7 Å². The monoisotopic (exact) mass is 535 g/mol. The van der Waals surface area contributed by atoms with Crippen molar-refractivity contribution in [2.45, 2.75) is 19.4 Å². The maximum absolute atomic E-state index is 13.2. The summed E-state index contributed by atoms with van der Waals surface area (Å²) in [6.07, 6.45) is 0.494. The van der Waals surface area contributed by atoms with Gasteiger partial charge in [0.2, 0.25) is 0 Å². The number of carbonyl (C=O) groups is 2. The van der Waals surface area contributed by atoms with Crippen LogP contribution in [-0.2, 0) is 16.0 Å². The summed E-state index contributed by atoms with van der Waals surface area (Å²) in [6.45, 7) is 2.26. The van der Waals surface area contributed by atoms with Gasteiger partial charge in [0.05, 0.1) is 25.8 Å². The van der Waals surface area contributed by atoms with Gasteiger partial charge in [-0.1, -0.05) is 64.0 Å². The maximum atomic E-state index is 13.2. The molecule has 7 heteroatoms. The molecule has 1 unspecified atom stereocenters. The number of halogens is 1. The van der Waals surface area contributed by atoms with Gasteiger partial charge in [-0.25, -0.2) is 0 Å². The highest BCUT2D eigenvalue weighted by Crippen LogP contribution is 2.40. The van der Waals surface area contributed by atoms with Crippen LogP contribution in [0.15, 0.2) is 76.8 Å². The van der Waals surface area contributed by atoms with Gasteiger partial charge in [0.1, 0.15) is 5.76 Å². The van der Waals surface area contributed by atoms with E-state index in [9.17, 15) is 14.7 Å². The molecule has 0 spiro atoms. The number of Topliss-reactive ketones (excluding diaryl/α,β-unsaturated/α-hetero) is 1. The number of amides is 1. The second kappa shape index (κ2) is 10.4. The zero-order chi connectivity index (χ0) is 25.1. The summed E-state index contributed by atoms with van der Waals surface area (Å²) in [6, 6.07) is 19.5. The van der Waals surface area contributed by atoms with E-state index in [-0.39, 0.29) is 17.9 Å². The molecule has 1 aliphatic rings. The molecule has 180 valence electrons. The molecule has 3 aromatic rings. The highest BCUT2D eigenvalue weighted by atomic mass is 79.9. The molecule has 0 aromatic heterocycles. The van der Waals surface area contributed by atoms with Crippen molar-refractivity contribution in [3.8, 4) is 11.5 Å². The Balaban J connectivity index is 1.73. The number of benzene rings is 3. The van der Waals surface area contributed by atoms with Gasteiger partial charge in [0, 0.05) is 16.6 Å². The molecule has 35 heavy (non-hydrogen) atoms. The Kier molecular flexibility index (Phi) is 7.26. The van der Waals surface area contributed by atoms with E-state index in [1.54, 1.807) is 38.5 Å². The van der Waals surface area contributed by atoms with Crippen LogP contribution in [-0.4, -0.2) is 42.5 Å². The molecule has 4 rings (SSSR count). The van der Waals surface area contributed by atoms with Crippen molar-refractivity contribution in [2.24, 2.45) is 0 Å². The Labute approximate surface area is 212 Å². The van der Waals surface area contributed by atoms with Crippen molar-refractivity contribution in [1.29, 1.82) is 0 Å². The molecule has 0 radical (unpaired) electrons. The van der Waals surface area contributed by atoms with E-state index in [1.807, 2.05) is 49.4 Å². The fraction of sp³-hybridized carbons (Fsp3) is 0.214. The number of likely N-dealkylation sites (tertiary alicyclic amines) is 1. The minimum absolute atomic E-state index is 0.0912. The number of aliphatic hydroxyl groups is 1. The van der Waals surface area contributed by atoms with Gasteiger partial charge in [-0.15, -0.1) is 0 Å². The molecule has 1 amide bonds. The van der Waals surface area contributed by atoms with Crippen molar-refractivity contribution < 1.29 is 24.2 Å². The topological polar surface area (TPSA) is 76.1 Å². The molecule has 6 nitrogen and oxygen atoms in total. The summed E-state index contributed by atoms with van der Waals surface area (Å²) >= 11 is 3.38. The number of hydrogen-bond donors (Lipinski definition) is 1. The molecular formula is C28H26BrNO5. The summed E-state index contributed by atoms with van der Waals surface area (Å²) in [5.41, 5.74) is 3.32. The maximum Gasteiger partial charge on any atom is 0.295 e. The minimum Gasteiger partial charge on any atom is -0.507 e. The van der Waals surface area contributed by atoms with Crippen molar-refractivity contribution in [3.63, 3.8) is 0 Å². The third-order valence-electron chi connectivity index (χ3n) is 6.14. The van der Waals surface area contributed by atoms with Gasteiger partial charge in [-0.3, -0.25) is 9.59 Å². The van der Waals surface area contributed by atoms with E-state index in [4.69, 9.17) is 9.47 Å². The average molecular weight is 536 g/mol. The molecule has 1 N–H and O–H groups in total. The zero-order valence-corrected chi connectivity index (χ0v) is 21.3. The molecule has 3 aromatic carbocycles. The van der Waals surface area contributed by atoms with E-state index < -0.39 is 17.7 Å². The molecule has 1 atom stereocenters. The molecule has 0 aliphatic carbocycles. The van der Waals surface area contributed by atoms with Crippen LogP contribution in [0.1, 0.15) is 28.3 Å². The minimum atomic E-state index is -0.695. The lowest BCUT2D eigenvalue weighted by molar-refractivity contribution is -0.139. The predicted molar refractivity (Wildman–Crippen MR) is 138 cm³/mol. The Morgan fingerprint density at radius 3 is 2.23 bits per heavy atom. The van der Waals surface area contributed by atoms with E-state index >= 15 is 0 Å². The van der Waals surface area contributed by atoms with Gasteiger partial charge < -0.3 is 19.5 Å². The summed E-state index contributed by atoms with van der Waals surface area (Å²) in [5.74, 6) is -0.295. The number of methoxy groups -OCH3 is 2. The fourth-order valence-corrected chi connectivity index (χ4v) is 4.52. The lowest BCUT2D eigenvalue weighted by Crippen LogP contribution is -2.31. The lowest BCUT2D eigenvalue weighted by Gasteiger charge is -2.25. The molecule has 0 bridgehead atoms. The second-order valence-corrected chi connectivity index (χ2v) is 9.27. The molecule has 1 aliphatic heterocycles. The highest BCUT2D eigenvalue weighted by molar-refractivity contribution is 9.10. The summed E-state index contributed by atoms with van der Waals surface area (Å²) in [5, 5.41) is 11.1. The van der Waals surface area contributed by atoms with Crippen LogP contribution in [0.5, 0.6) is 11.5 Å². The first-order valence-electron chi connectivity index (χ1n) is 11.2. The normalized spacial score (nSPS) is 17.0. The fourth-order valence-electron chi connectivity index (χ4n) is 4.25. The van der Waals surface area contributed by atoms with Crippen molar-refractivity contribution in [3.05, 3.63) is 99.0 Å². The lowest BCUT2D eigenvalue weighted by atomic mass is 9.94. The quantitative estimate of drug-likeness (QED) is 0.247. The number of aryl methyl sites for hydroxylation is 1. The van der Waals surface area contributed by atoms with Crippen molar-refractivity contribution in [1.82, 2.24) is 4.90 Å². The summed E-state index contributed by atoms with van der Waals surface area (Å²) < 4.78 is 11.5. The Hall–Kier alpha value is -3.58. The van der Waals surface area contributed by atoms with E-state index in [1.165, 1.54) is 4.90 Å². The van der Waals surface area contributed by atoms with Gasteiger partial charge in [-0.2, -0.15) is 0 Å².